The van der Waals surface area contributed by atoms with Gasteiger partial charge >= 0.3 is 0 Å². The fourth-order valence-electron chi connectivity index (χ4n) is 1.23. The Labute approximate surface area is 84.2 Å². The van der Waals surface area contributed by atoms with Crippen LogP contribution in [0.15, 0.2) is 22.4 Å². The molecule has 1 aromatic carbocycles. The summed E-state index contributed by atoms with van der Waals surface area (Å²) in [6.07, 6.45) is 0.776. The molecule has 1 aromatic heterocycles. The van der Waals surface area contributed by atoms with Crippen LogP contribution in [0, 0.1) is 0 Å². The summed E-state index contributed by atoms with van der Waals surface area (Å²) < 4.78 is 0.810. The van der Waals surface area contributed by atoms with E-state index < -0.39 is 0 Å². The molecule has 0 bridgehead atoms. The number of phenols is 1. The van der Waals surface area contributed by atoms with E-state index in [-0.39, 0.29) is 5.75 Å². The predicted octanol–water partition coefficient (Wildman–Crippen LogP) is 2.71. The minimum absolute atomic E-state index is 0.144. The van der Waals surface area contributed by atoms with E-state index in [9.17, 15) is 9.90 Å². The van der Waals surface area contributed by atoms with Crippen LogP contribution in [0.25, 0.3) is 10.1 Å². The van der Waals surface area contributed by atoms with Crippen LogP contribution >= 0.6 is 24.0 Å². The second kappa shape index (κ2) is 3.05. The zero-order valence-corrected chi connectivity index (χ0v) is 8.23. The van der Waals surface area contributed by atoms with Gasteiger partial charge in [-0.3, -0.25) is 4.79 Å². The molecule has 0 aliphatic heterocycles. The number of phenolic OH excluding ortho intramolecular Hbond substituents is 1. The number of fused-ring (bicyclic) bond motifs is 1. The number of thiophene rings is 1. The Morgan fingerprint density at radius 3 is 3.00 bits per heavy atom. The van der Waals surface area contributed by atoms with Gasteiger partial charge in [0.25, 0.3) is 0 Å². The number of benzene rings is 1. The fraction of sp³-hybridized carbons (Fsp3) is 0. The first kappa shape index (κ1) is 8.59. The summed E-state index contributed by atoms with van der Waals surface area (Å²) >= 11 is 5.50. The van der Waals surface area contributed by atoms with Crippen LogP contribution in [0.5, 0.6) is 5.75 Å². The third-order valence-electron chi connectivity index (χ3n) is 1.84. The number of carbonyl (C=O) groups excluding carboxylic acids is 1. The molecule has 0 atom stereocenters. The lowest BCUT2D eigenvalue weighted by Crippen LogP contribution is -1.81. The monoisotopic (exact) mass is 210 g/mol. The first-order valence-electron chi connectivity index (χ1n) is 3.61. The number of aldehydes is 1. The van der Waals surface area contributed by atoms with Crippen molar-refractivity contribution in [3.8, 4) is 5.75 Å². The minimum atomic E-state index is 0.144. The van der Waals surface area contributed by atoms with E-state index in [0.29, 0.717) is 15.8 Å². The third kappa shape index (κ3) is 1.22. The highest BCUT2D eigenvalue weighted by Gasteiger charge is 2.09. The van der Waals surface area contributed by atoms with Crippen molar-refractivity contribution < 1.29 is 9.90 Å². The van der Waals surface area contributed by atoms with Crippen molar-refractivity contribution in [3.63, 3.8) is 0 Å². The lowest BCUT2D eigenvalue weighted by molar-refractivity contribution is 0.112. The van der Waals surface area contributed by atoms with Gasteiger partial charge in [0.1, 0.15) is 5.75 Å². The molecule has 0 aliphatic rings. The predicted molar refractivity (Wildman–Crippen MR) is 56.1 cm³/mol. The van der Waals surface area contributed by atoms with Gasteiger partial charge in [-0.1, -0.05) is 0 Å². The van der Waals surface area contributed by atoms with Crippen molar-refractivity contribution in [3.05, 3.63) is 23.1 Å². The van der Waals surface area contributed by atoms with Gasteiger partial charge in [0.15, 0.2) is 6.29 Å². The fourth-order valence-corrected chi connectivity index (χ4v) is 2.36. The Kier molecular flexibility index (Phi) is 2.01. The molecule has 0 unspecified atom stereocenters. The molecule has 0 saturated heterocycles. The van der Waals surface area contributed by atoms with Gasteiger partial charge < -0.3 is 5.11 Å². The lowest BCUT2D eigenvalue weighted by Gasteiger charge is -2.01. The normalized spacial score (nSPS) is 10.5. The molecule has 66 valence electrons. The summed E-state index contributed by atoms with van der Waals surface area (Å²) in [5, 5.41) is 12.1. The quantitative estimate of drug-likeness (QED) is 0.561. The average molecular weight is 210 g/mol. The van der Waals surface area contributed by atoms with E-state index in [1.807, 2.05) is 5.38 Å². The van der Waals surface area contributed by atoms with Crippen LogP contribution in [0.4, 0.5) is 0 Å². The maximum Gasteiger partial charge on any atom is 0.151 e. The van der Waals surface area contributed by atoms with Crippen molar-refractivity contribution in [2.45, 2.75) is 4.90 Å². The number of rotatable bonds is 1. The molecule has 0 radical (unpaired) electrons. The van der Waals surface area contributed by atoms with E-state index >= 15 is 0 Å². The second-order valence-electron chi connectivity index (χ2n) is 2.61. The molecule has 13 heavy (non-hydrogen) atoms. The number of aromatic hydroxyl groups is 1. The maximum absolute atomic E-state index is 10.7. The van der Waals surface area contributed by atoms with Gasteiger partial charge in [0, 0.05) is 20.5 Å². The molecular weight excluding hydrogens is 204 g/mol. The summed E-state index contributed by atoms with van der Waals surface area (Å²) in [7, 11) is 0. The van der Waals surface area contributed by atoms with Gasteiger partial charge in [-0.2, -0.15) is 0 Å². The molecule has 0 saturated carbocycles. The Hall–Kier alpha value is -1.00. The van der Waals surface area contributed by atoms with E-state index in [0.717, 1.165) is 11.0 Å². The van der Waals surface area contributed by atoms with Crippen LogP contribution in [-0.2, 0) is 0 Å². The van der Waals surface area contributed by atoms with Crippen molar-refractivity contribution in [2.24, 2.45) is 0 Å². The summed E-state index contributed by atoms with van der Waals surface area (Å²) in [6.45, 7) is 0. The standard InChI is InChI=1S/C9H6O2S2/c10-4-5-3-7(12)8(11)6-1-2-13-9(5)6/h1-4,11-12H. The summed E-state index contributed by atoms with van der Waals surface area (Å²) in [6, 6.07) is 3.35. The number of carbonyl (C=O) groups is 1. The molecule has 0 spiro atoms. The Morgan fingerprint density at radius 1 is 1.54 bits per heavy atom. The first-order chi connectivity index (χ1) is 6.24. The summed E-state index contributed by atoms with van der Waals surface area (Å²) in [5.74, 6) is 0.144. The molecule has 2 nitrogen and oxygen atoms in total. The zero-order valence-electron chi connectivity index (χ0n) is 6.52. The van der Waals surface area contributed by atoms with Gasteiger partial charge in [0.2, 0.25) is 0 Å². The number of thiol groups is 1. The highest BCUT2D eigenvalue weighted by molar-refractivity contribution is 7.80. The van der Waals surface area contributed by atoms with Crippen molar-refractivity contribution in [1.29, 1.82) is 0 Å². The van der Waals surface area contributed by atoms with Gasteiger partial charge in [-0.25, -0.2) is 0 Å². The van der Waals surface area contributed by atoms with E-state index in [4.69, 9.17) is 0 Å². The highest BCUT2D eigenvalue weighted by Crippen LogP contribution is 2.36. The van der Waals surface area contributed by atoms with Crippen molar-refractivity contribution in [2.75, 3.05) is 0 Å². The SMILES string of the molecule is O=Cc1cc(S)c(O)c2ccsc12. The van der Waals surface area contributed by atoms with Crippen molar-refractivity contribution >= 4 is 40.3 Å². The van der Waals surface area contributed by atoms with Crippen LogP contribution in [0.2, 0.25) is 0 Å². The molecule has 0 aliphatic carbocycles. The zero-order chi connectivity index (χ0) is 9.42. The Balaban J connectivity index is 2.95. The Bertz CT molecular complexity index is 474. The molecule has 0 fully saturated rings. The molecule has 4 heteroatoms. The molecule has 1 N–H and O–H groups in total. The molecular formula is C9H6O2S2. The number of hydrogen-bond acceptors (Lipinski definition) is 4. The molecule has 2 rings (SSSR count). The van der Waals surface area contributed by atoms with E-state index in [1.54, 1.807) is 12.1 Å². The van der Waals surface area contributed by atoms with Gasteiger partial charge in [0.05, 0.1) is 0 Å². The minimum Gasteiger partial charge on any atom is -0.506 e. The lowest BCUT2D eigenvalue weighted by atomic mass is 10.1. The highest BCUT2D eigenvalue weighted by atomic mass is 32.1. The first-order valence-corrected chi connectivity index (χ1v) is 4.94. The van der Waals surface area contributed by atoms with Gasteiger partial charge in [-0.15, -0.1) is 24.0 Å². The molecule has 1 heterocycles. The van der Waals surface area contributed by atoms with E-state index in [2.05, 4.69) is 12.6 Å². The van der Waals surface area contributed by atoms with Crippen LogP contribution in [-0.4, -0.2) is 11.4 Å². The van der Waals surface area contributed by atoms with E-state index in [1.165, 1.54) is 11.3 Å². The van der Waals surface area contributed by atoms with Crippen molar-refractivity contribution in [1.82, 2.24) is 0 Å². The van der Waals surface area contributed by atoms with Crippen LogP contribution in [0.1, 0.15) is 10.4 Å². The number of hydrogen-bond donors (Lipinski definition) is 2. The summed E-state index contributed by atoms with van der Waals surface area (Å²) in [5.41, 5.74) is 0.577. The molecule has 0 amide bonds. The summed E-state index contributed by atoms with van der Waals surface area (Å²) in [4.78, 5) is 11.1. The topological polar surface area (TPSA) is 37.3 Å². The molecule has 2 aromatic rings. The maximum atomic E-state index is 10.7. The third-order valence-corrected chi connectivity index (χ3v) is 3.15. The smallest absolute Gasteiger partial charge is 0.151 e. The average Bonchev–Trinajstić information content (AvgIpc) is 2.60. The van der Waals surface area contributed by atoms with Crippen LogP contribution < -0.4 is 0 Å². The second-order valence-corrected chi connectivity index (χ2v) is 4.01. The largest absolute Gasteiger partial charge is 0.506 e. The van der Waals surface area contributed by atoms with Crippen LogP contribution in [0.3, 0.4) is 0 Å². The van der Waals surface area contributed by atoms with Gasteiger partial charge in [-0.05, 0) is 17.5 Å². The Morgan fingerprint density at radius 2 is 2.31 bits per heavy atom.